The summed E-state index contributed by atoms with van der Waals surface area (Å²) in [5.74, 6) is -2.23. The normalized spacial score (nSPS) is 53.7. The van der Waals surface area contributed by atoms with Gasteiger partial charge in [-0.3, -0.25) is 9.59 Å². The highest BCUT2D eigenvalue weighted by atomic mass is 19.1. The number of rotatable bonds is 2. The minimum atomic E-state index is -2.00. The number of allylic oxidation sites excluding steroid dienone is 4. The number of carbonyl (C=O) groups excluding carboxylic acids is 2. The number of fused-ring (bicyclic) bond motifs is 5. The average molecular weight is 406 g/mol. The van der Waals surface area contributed by atoms with Crippen LogP contribution in [0.3, 0.4) is 0 Å². The Balaban J connectivity index is 1.87. The van der Waals surface area contributed by atoms with Gasteiger partial charge in [-0.25, -0.2) is 4.39 Å². The van der Waals surface area contributed by atoms with Crippen LogP contribution in [0.4, 0.5) is 4.39 Å². The Bertz CT molecular complexity index is 835. The predicted octanol–water partition coefficient (Wildman–Crippen LogP) is 2.14. The monoisotopic (exact) mass is 406 g/mol. The van der Waals surface area contributed by atoms with Crippen molar-refractivity contribution < 1.29 is 29.3 Å². The van der Waals surface area contributed by atoms with Crippen LogP contribution in [0.2, 0.25) is 0 Å². The van der Waals surface area contributed by atoms with Crippen LogP contribution in [0.1, 0.15) is 47.0 Å². The van der Waals surface area contributed by atoms with Crippen LogP contribution < -0.4 is 0 Å². The molecule has 0 aliphatic heterocycles. The molecule has 4 rings (SSSR count). The first-order valence-electron chi connectivity index (χ1n) is 10.6. The summed E-state index contributed by atoms with van der Waals surface area (Å²) in [5.41, 5.74) is -5.24. The van der Waals surface area contributed by atoms with Crippen molar-refractivity contribution in [3.63, 3.8) is 0 Å². The molecule has 0 saturated heterocycles. The van der Waals surface area contributed by atoms with Crippen molar-refractivity contribution in [1.82, 2.24) is 0 Å². The summed E-state index contributed by atoms with van der Waals surface area (Å²) in [6.45, 7) is 6.46. The second-order valence-corrected chi connectivity index (χ2v) is 10.3. The first-order valence-corrected chi connectivity index (χ1v) is 10.6. The summed E-state index contributed by atoms with van der Waals surface area (Å²) in [6, 6.07) is 0. The molecule has 0 aromatic carbocycles. The summed E-state index contributed by atoms with van der Waals surface area (Å²) < 4.78 is 17.0. The molecule has 0 heterocycles. The van der Waals surface area contributed by atoms with E-state index < -0.39 is 52.4 Å². The number of halogens is 1. The largest absolute Gasteiger partial charge is 0.390 e. The van der Waals surface area contributed by atoms with Gasteiger partial charge in [-0.05, 0) is 56.1 Å². The Morgan fingerprint density at radius 3 is 2.52 bits per heavy atom. The Morgan fingerprint density at radius 2 is 1.90 bits per heavy atom. The molecule has 3 fully saturated rings. The lowest BCUT2D eigenvalue weighted by Gasteiger charge is -2.63. The predicted molar refractivity (Wildman–Crippen MR) is 104 cm³/mol. The van der Waals surface area contributed by atoms with Crippen LogP contribution in [-0.2, 0) is 9.59 Å². The van der Waals surface area contributed by atoms with Gasteiger partial charge in [0.2, 0.25) is 0 Å². The van der Waals surface area contributed by atoms with E-state index in [4.69, 9.17) is 0 Å². The van der Waals surface area contributed by atoms with Crippen molar-refractivity contribution in [2.45, 2.75) is 64.3 Å². The number of ketones is 2. The number of hydrogen-bond acceptors (Lipinski definition) is 5. The highest BCUT2D eigenvalue weighted by Gasteiger charge is 2.76. The molecule has 29 heavy (non-hydrogen) atoms. The molecule has 4 aliphatic rings. The van der Waals surface area contributed by atoms with Crippen LogP contribution in [0.15, 0.2) is 23.8 Å². The second-order valence-electron chi connectivity index (χ2n) is 10.3. The standard InChI is InChI=1S/C23H31FO5/c1-12-7-17-16-8-13(2)23(29,19(28)11-25)21(16,4)10-18(27)22(17,24)20(3)6-5-14(26)9-15(12)20/h5-6,9,12-13,16-18,25,27,29H,7-8,10-11H2,1-4H3/t12?,13?,16-,17-,18?,20-,21-,22-,23-/m0/s1. The zero-order valence-corrected chi connectivity index (χ0v) is 17.5. The summed E-state index contributed by atoms with van der Waals surface area (Å²) in [4.78, 5) is 24.6. The van der Waals surface area contributed by atoms with Crippen molar-refractivity contribution in [2.24, 2.45) is 34.5 Å². The number of aliphatic hydroxyl groups is 3. The smallest absolute Gasteiger partial charge is 0.190 e. The van der Waals surface area contributed by atoms with Gasteiger partial charge in [0.1, 0.15) is 12.2 Å². The third-order valence-electron chi connectivity index (χ3n) is 9.12. The van der Waals surface area contributed by atoms with Gasteiger partial charge in [-0.1, -0.05) is 32.4 Å². The van der Waals surface area contributed by atoms with Gasteiger partial charge in [0.05, 0.1) is 6.10 Å². The zero-order chi connectivity index (χ0) is 21.6. The van der Waals surface area contributed by atoms with Gasteiger partial charge in [-0.2, -0.15) is 0 Å². The van der Waals surface area contributed by atoms with E-state index in [0.717, 1.165) is 0 Å². The molecule has 5 nitrogen and oxygen atoms in total. The van der Waals surface area contributed by atoms with E-state index in [-0.39, 0.29) is 24.0 Å². The van der Waals surface area contributed by atoms with Crippen molar-refractivity contribution in [3.05, 3.63) is 23.8 Å². The van der Waals surface area contributed by atoms with Crippen LogP contribution in [0, 0.1) is 34.5 Å². The fourth-order valence-electron chi connectivity index (χ4n) is 7.65. The molecule has 0 aromatic rings. The van der Waals surface area contributed by atoms with Gasteiger partial charge >= 0.3 is 0 Å². The topological polar surface area (TPSA) is 94.8 Å². The van der Waals surface area contributed by atoms with Gasteiger partial charge in [-0.15, -0.1) is 0 Å². The lowest BCUT2D eigenvalue weighted by atomic mass is 9.43. The Hall–Kier alpha value is -1.37. The molecule has 4 aliphatic carbocycles. The lowest BCUT2D eigenvalue weighted by molar-refractivity contribution is -0.223. The number of hydrogen-bond donors (Lipinski definition) is 3. The summed E-state index contributed by atoms with van der Waals surface area (Å²) in [6.07, 6.45) is 3.89. The Morgan fingerprint density at radius 1 is 1.24 bits per heavy atom. The van der Waals surface area contributed by atoms with Crippen LogP contribution in [-0.4, -0.2) is 50.9 Å². The number of aliphatic hydroxyl groups excluding tert-OH is 2. The summed E-state index contributed by atoms with van der Waals surface area (Å²) in [7, 11) is 0. The van der Waals surface area contributed by atoms with Crippen molar-refractivity contribution in [1.29, 1.82) is 0 Å². The number of carbonyl (C=O) groups is 2. The molecule has 0 aromatic heterocycles. The molecular formula is C23H31FO5. The molecule has 3 N–H and O–H groups in total. The molecule has 9 atom stereocenters. The van der Waals surface area contributed by atoms with Crippen LogP contribution >= 0.6 is 0 Å². The number of alkyl halides is 1. The third kappa shape index (κ3) is 2.20. The average Bonchev–Trinajstić information content (AvgIpc) is 2.86. The van der Waals surface area contributed by atoms with Gasteiger partial charge in [0.25, 0.3) is 0 Å². The van der Waals surface area contributed by atoms with E-state index in [1.54, 1.807) is 26.8 Å². The fourth-order valence-corrected chi connectivity index (χ4v) is 7.65. The molecule has 0 radical (unpaired) electrons. The van der Waals surface area contributed by atoms with E-state index in [2.05, 4.69) is 0 Å². The highest BCUT2D eigenvalue weighted by Crippen LogP contribution is 2.71. The molecule has 0 spiro atoms. The van der Waals surface area contributed by atoms with E-state index >= 15 is 4.39 Å². The lowest BCUT2D eigenvalue weighted by Crippen LogP contribution is -2.70. The van der Waals surface area contributed by atoms with Gasteiger partial charge < -0.3 is 15.3 Å². The van der Waals surface area contributed by atoms with Gasteiger partial charge in [0, 0.05) is 16.7 Å². The maximum absolute atomic E-state index is 17.0. The van der Waals surface area contributed by atoms with Crippen molar-refractivity contribution in [3.8, 4) is 0 Å². The van der Waals surface area contributed by atoms with E-state index in [0.29, 0.717) is 18.4 Å². The van der Waals surface area contributed by atoms with Crippen LogP contribution in [0.25, 0.3) is 0 Å². The SMILES string of the molecule is CC1C[C@H]2[C@@H]3CC(C)[C@](O)(C(=O)CO)[C@@]3(C)CC(O)[C@]2(F)[C@@]2(C)C=CC(=O)C=C12. The van der Waals surface area contributed by atoms with Crippen molar-refractivity contribution >= 4 is 11.6 Å². The minimum Gasteiger partial charge on any atom is -0.390 e. The second kappa shape index (κ2) is 6.08. The molecule has 160 valence electrons. The van der Waals surface area contributed by atoms with E-state index in [1.807, 2.05) is 6.92 Å². The quantitative estimate of drug-likeness (QED) is 0.653. The van der Waals surface area contributed by atoms with Crippen molar-refractivity contribution in [2.75, 3.05) is 6.61 Å². The Labute approximate surface area is 170 Å². The molecular weight excluding hydrogens is 375 g/mol. The van der Waals surface area contributed by atoms with Gasteiger partial charge in [0.15, 0.2) is 17.2 Å². The highest BCUT2D eigenvalue weighted by molar-refractivity contribution is 6.01. The zero-order valence-electron chi connectivity index (χ0n) is 17.5. The van der Waals surface area contributed by atoms with E-state index in [1.165, 1.54) is 12.2 Å². The maximum atomic E-state index is 17.0. The fraction of sp³-hybridized carbons (Fsp3) is 0.739. The first-order chi connectivity index (χ1) is 13.4. The summed E-state index contributed by atoms with van der Waals surface area (Å²) in [5, 5.41) is 32.2. The molecule has 3 unspecified atom stereocenters. The minimum absolute atomic E-state index is 0.0603. The molecule has 6 heteroatoms. The number of Topliss-reactive ketones (excluding diaryl/α,β-unsaturated/α-hetero) is 1. The molecule has 3 saturated carbocycles. The van der Waals surface area contributed by atoms with Crippen LogP contribution in [0.5, 0.6) is 0 Å². The maximum Gasteiger partial charge on any atom is 0.190 e. The van der Waals surface area contributed by atoms with E-state index in [9.17, 15) is 24.9 Å². The molecule has 0 bridgehead atoms. The third-order valence-corrected chi connectivity index (χ3v) is 9.12. The Kier molecular flexibility index (Phi) is 4.38. The molecule has 0 amide bonds. The first kappa shape index (κ1) is 20.9. The summed E-state index contributed by atoms with van der Waals surface area (Å²) >= 11 is 0.